The lowest BCUT2D eigenvalue weighted by molar-refractivity contribution is 0.380. The minimum atomic E-state index is 0.341. The van der Waals surface area contributed by atoms with Crippen LogP contribution < -0.4 is 4.74 Å². The summed E-state index contributed by atoms with van der Waals surface area (Å²) in [5, 5.41) is 0. The largest absolute Gasteiger partial charge is 0.467 e. The van der Waals surface area contributed by atoms with E-state index < -0.39 is 0 Å². The van der Waals surface area contributed by atoms with E-state index in [1.807, 2.05) is 25.1 Å². The summed E-state index contributed by atoms with van der Waals surface area (Å²) in [4.78, 5) is 17.1. The quantitative estimate of drug-likeness (QED) is 0.700. The Kier molecular flexibility index (Phi) is 2.79. The van der Waals surface area contributed by atoms with Crippen LogP contribution in [0.4, 0.5) is 0 Å². The Morgan fingerprint density at radius 3 is 2.47 bits per heavy atom. The van der Waals surface area contributed by atoms with Crippen molar-refractivity contribution in [1.29, 1.82) is 0 Å². The number of aromatic nitrogens is 4. The molecule has 0 bridgehead atoms. The zero-order valence-electron chi connectivity index (χ0n) is 10.7. The van der Waals surface area contributed by atoms with E-state index in [1.165, 1.54) is 7.11 Å². The van der Waals surface area contributed by atoms with Crippen molar-refractivity contribution in [3.05, 3.63) is 42.4 Å². The number of aryl methyl sites for hydroxylation is 1. The van der Waals surface area contributed by atoms with Gasteiger partial charge in [0.2, 0.25) is 0 Å². The van der Waals surface area contributed by atoms with Gasteiger partial charge in [-0.15, -0.1) is 0 Å². The molecule has 2 aromatic heterocycles. The zero-order chi connectivity index (χ0) is 13.2. The second-order valence-corrected chi connectivity index (χ2v) is 4.21. The number of fused-ring (bicyclic) bond motifs is 1. The summed E-state index contributed by atoms with van der Waals surface area (Å²) >= 11 is 0. The van der Waals surface area contributed by atoms with Crippen molar-refractivity contribution in [3.63, 3.8) is 0 Å². The highest BCUT2D eigenvalue weighted by atomic mass is 16.5. The summed E-state index contributed by atoms with van der Waals surface area (Å²) in [6.45, 7) is 2.03. The van der Waals surface area contributed by atoms with Gasteiger partial charge in [-0.05, 0) is 24.6 Å². The van der Waals surface area contributed by atoms with Gasteiger partial charge in [-0.3, -0.25) is 4.98 Å². The molecule has 3 aromatic rings. The summed E-state index contributed by atoms with van der Waals surface area (Å²) < 4.78 is 4.93. The maximum atomic E-state index is 4.93. The van der Waals surface area contributed by atoms with E-state index in [4.69, 9.17) is 4.74 Å². The lowest BCUT2D eigenvalue weighted by Gasteiger charge is -2.03. The van der Waals surface area contributed by atoms with Crippen LogP contribution in [0.2, 0.25) is 0 Å². The zero-order valence-corrected chi connectivity index (χ0v) is 10.7. The monoisotopic (exact) mass is 252 g/mol. The molecule has 5 nitrogen and oxygen atoms in total. The van der Waals surface area contributed by atoms with E-state index in [9.17, 15) is 0 Å². The van der Waals surface area contributed by atoms with E-state index in [1.54, 1.807) is 18.6 Å². The van der Waals surface area contributed by atoms with Crippen molar-refractivity contribution in [1.82, 2.24) is 19.9 Å². The predicted molar refractivity (Wildman–Crippen MR) is 71.9 cm³/mol. The molecule has 0 radical (unpaired) electrons. The fraction of sp³-hybridized carbons (Fsp3) is 0.143. The molecule has 0 aliphatic rings. The predicted octanol–water partition coefficient (Wildman–Crippen LogP) is 2.40. The molecule has 0 unspecified atom stereocenters. The number of hydrogen-bond acceptors (Lipinski definition) is 5. The van der Waals surface area contributed by atoms with Crippen LogP contribution in [0.3, 0.4) is 0 Å². The van der Waals surface area contributed by atoms with Crippen LogP contribution in [0.1, 0.15) is 5.56 Å². The molecule has 2 heterocycles. The smallest absolute Gasteiger partial charge is 0.316 e. The van der Waals surface area contributed by atoms with E-state index in [0.29, 0.717) is 6.01 Å². The molecule has 19 heavy (non-hydrogen) atoms. The third kappa shape index (κ3) is 2.22. The van der Waals surface area contributed by atoms with Crippen LogP contribution >= 0.6 is 0 Å². The Morgan fingerprint density at radius 1 is 0.947 bits per heavy atom. The average Bonchev–Trinajstić information content (AvgIpc) is 2.46. The first kappa shape index (κ1) is 11.5. The average molecular weight is 252 g/mol. The lowest BCUT2D eigenvalue weighted by atomic mass is 10.2. The number of benzene rings is 1. The highest BCUT2D eigenvalue weighted by molar-refractivity contribution is 5.77. The molecule has 0 fully saturated rings. The van der Waals surface area contributed by atoms with Gasteiger partial charge in [0.25, 0.3) is 0 Å². The minimum absolute atomic E-state index is 0.341. The molecule has 3 rings (SSSR count). The van der Waals surface area contributed by atoms with E-state index in [2.05, 4.69) is 19.9 Å². The fourth-order valence-electron chi connectivity index (χ4n) is 1.81. The van der Waals surface area contributed by atoms with Crippen LogP contribution in [0.5, 0.6) is 6.01 Å². The summed E-state index contributed by atoms with van der Waals surface area (Å²) in [7, 11) is 1.54. The normalized spacial score (nSPS) is 10.6. The summed E-state index contributed by atoms with van der Waals surface area (Å²) in [6, 6.07) is 6.34. The summed E-state index contributed by atoms with van der Waals surface area (Å²) in [6.07, 6.45) is 5.08. The Balaban J connectivity index is 2.08. The van der Waals surface area contributed by atoms with E-state index >= 15 is 0 Å². The van der Waals surface area contributed by atoms with Crippen LogP contribution in [-0.4, -0.2) is 27.0 Å². The van der Waals surface area contributed by atoms with Gasteiger partial charge in [0.05, 0.1) is 30.0 Å². The molecule has 0 spiro atoms. The maximum Gasteiger partial charge on any atom is 0.316 e. The Morgan fingerprint density at radius 2 is 1.74 bits per heavy atom. The lowest BCUT2D eigenvalue weighted by Crippen LogP contribution is -1.94. The van der Waals surface area contributed by atoms with Crippen molar-refractivity contribution < 1.29 is 4.74 Å². The van der Waals surface area contributed by atoms with E-state index in [0.717, 1.165) is 27.9 Å². The van der Waals surface area contributed by atoms with Gasteiger partial charge in [-0.25, -0.2) is 15.0 Å². The Labute approximate surface area is 110 Å². The second-order valence-electron chi connectivity index (χ2n) is 4.21. The minimum Gasteiger partial charge on any atom is -0.467 e. The first-order chi connectivity index (χ1) is 9.26. The molecule has 0 N–H and O–H groups in total. The van der Waals surface area contributed by atoms with Crippen molar-refractivity contribution >= 4 is 11.0 Å². The van der Waals surface area contributed by atoms with Crippen LogP contribution in [0.25, 0.3) is 22.3 Å². The number of methoxy groups -OCH3 is 1. The topological polar surface area (TPSA) is 60.8 Å². The molecule has 0 saturated carbocycles. The highest BCUT2D eigenvalue weighted by Gasteiger charge is 2.04. The Hall–Kier alpha value is -2.56. The molecular formula is C14H12N4O. The van der Waals surface area contributed by atoms with Gasteiger partial charge < -0.3 is 4.74 Å². The van der Waals surface area contributed by atoms with Crippen molar-refractivity contribution in [2.75, 3.05) is 7.11 Å². The van der Waals surface area contributed by atoms with Crippen molar-refractivity contribution in [3.8, 4) is 17.3 Å². The standard InChI is InChI=1S/C14H12N4O/c1-9-3-4-11-12(5-9)18-13(8-15-11)10-6-16-14(19-2)17-7-10/h3-8H,1-2H3. The number of hydrogen-bond donors (Lipinski definition) is 0. The molecule has 0 aliphatic carbocycles. The Bertz CT molecular complexity index is 725. The van der Waals surface area contributed by atoms with Crippen LogP contribution in [-0.2, 0) is 0 Å². The number of rotatable bonds is 2. The van der Waals surface area contributed by atoms with Gasteiger partial charge in [0.15, 0.2) is 0 Å². The molecule has 0 saturated heterocycles. The van der Waals surface area contributed by atoms with Crippen LogP contribution in [0, 0.1) is 6.92 Å². The SMILES string of the molecule is COc1ncc(-c2cnc3ccc(C)cc3n2)cn1. The third-order valence-electron chi connectivity index (χ3n) is 2.80. The van der Waals surface area contributed by atoms with Gasteiger partial charge in [0.1, 0.15) is 0 Å². The van der Waals surface area contributed by atoms with Gasteiger partial charge >= 0.3 is 6.01 Å². The fourth-order valence-corrected chi connectivity index (χ4v) is 1.81. The molecule has 0 atom stereocenters. The van der Waals surface area contributed by atoms with Gasteiger partial charge in [-0.2, -0.15) is 0 Å². The number of nitrogens with zero attached hydrogens (tertiary/aromatic N) is 4. The number of ether oxygens (including phenoxy) is 1. The molecule has 0 aliphatic heterocycles. The van der Waals surface area contributed by atoms with Gasteiger partial charge in [0, 0.05) is 18.0 Å². The summed E-state index contributed by atoms with van der Waals surface area (Å²) in [5.74, 6) is 0. The molecule has 94 valence electrons. The van der Waals surface area contributed by atoms with Gasteiger partial charge in [-0.1, -0.05) is 6.07 Å². The van der Waals surface area contributed by atoms with Crippen molar-refractivity contribution in [2.45, 2.75) is 6.92 Å². The maximum absolute atomic E-state index is 4.93. The van der Waals surface area contributed by atoms with E-state index in [-0.39, 0.29) is 0 Å². The summed E-state index contributed by atoms with van der Waals surface area (Å²) in [5.41, 5.74) is 4.47. The molecule has 5 heteroatoms. The second kappa shape index (κ2) is 4.61. The molecule has 0 amide bonds. The third-order valence-corrected chi connectivity index (χ3v) is 2.80. The first-order valence-corrected chi connectivity index (χ1v) is 5.86. The van der Waals surface area contributed by atoms with Crippen LogP contribution in [0.15, 0.2) is 36.8 Å². The van der Waals surface area contributed by atoms with Crippen molar-refractivity contribution in [2.24, 2.45) is 0 Å². The first-order valence-electron chi connectivity index (χ1n) is 5.86. The highest BCUT2D eigenvalue weighted by Crippen LogP contribution is 2.19. The molecule has 1 aromatic carbocycles. The molecular weight excluding hydrogens is 240 g/mol.